The van der Waals surface area contributed by atoms with Crippen molar-refractivity contribution >= 4 is 18.0 Å². The van der Waals surface area contributed by atoms with Gasteiger partial charge in [0.05, 0.1) is 0 Å². The first-order valence-corrected chi connectivity index (χ1v) is 4.86. The second-order valence-corrected chi connectivity index (χ2v) is 3.12. The number of hydrogen-bond acceptors (Lipinski definition) is 2. The average Bonchev–Trinajstić information content (AvgIpc) is 2.27. The second-order valence-electron chi connectivity index (χ2n) is 3.12. The molecule has 0 unspecified atom stereocenters. The van der Waals surface area contributed by atoms with Gasteiger partial charge in [-0.15, -0.1) is 0 Å². The lowest BCUT2D eigenvalue weighted by molar-refractivity contribution is 0.112. The molecule has 0 aliphatic heterocycles. The van der Waals surface area contributed by atoms with Crippen LogP contribution in [-0.4, -0.2) is 18.9 Å². The Morgan fingerprint density at radius 2 is 2.00 bits per heavy atom. The lowest BCUT2D eigenvalue weighted by atomic mass is 10.2. The SMILES string of the molecule is CCCNC(=O)Nc1ccc(C=O)cc1. The number of rotatable bonds is 4. The first-order valence-electron chi connectivity index (χ1n) is 4.86. The van der Waals surface area contributed by atoms with Gasteiger partial charge < -0.3 is 10.6 Å². The Morgan fingerprint density at radius 3 is 2.53 bits per heavy atom. The van der Waals surface area contributed by atoms with Crippen molar-refractivity contribution in [2.24, 2.45) is 0 Å². The lowest BCUT2D eigenvalue weighted by Crippen LogP contribution is -2.29. The van der Waals surface area contributed by atoms with Gasteiger partial charge in [0.15, 0.2) is 0 Å². The summed E-state index contributed by atoms with van der Waals surface area (Å²) >= 11 is 0. The standard InChI is InChI=1S/C11H14N2O2/c1-2-7-12-11(15)13-10-5-3-9(8-14)4-6-10/h3-6,8H,2,7H2,1H3,(H2,12,13,15). The molecule has 0 heterocycles. The third-order valence-electron chi connectivity index (χ3n) is 1.84. The molecule has 0 radical (unpaired) electrons. The smallest absolute Gasteiger partial charge is 0.319 e. The van der Waals surface area contributed by atoms with Crippen molar-refractivity contribution in [3.05, 3.63) is 29.8 Å². The fourth-order valence-electron chi connectivity index (χ4n) is 1.06. The molecule has 4 heteroatoms. The summed E-state index contributed by atoms with van der Waals surface area (Å²) in [5.74, 6) is 0. The molecule has 0 saturated carbocycles. The number of benzene rings is 1. The fraction of sp³-hybridized carbons (Fsp3) is 0.273. The van der Waals surface area contributed by atoms with Crippen LogP contribution < -0.4 is 10.6 Å². The molecule has 80 valence electrons. The highest BCUT2D eigenvalue weighted by Crippen LogP contribution is 2.07. The van der Waals surface area contributed by atoms with Crippen LogP contribution >= 0.6 is 0 Å². The number of aldehydes is 1. The predicted octanol–water partition coefficient (Wildman–Crippen LogP) is 2.03. The number of anilines is 1. The summed E-state index contributed by atoms with van der Waals surface area (Å²) in [6, 6.07) is 6.46. The van der Waals surface area contributed by atoms with Crippen molar-refractivity contribution in [2.75, 3.05) is 11.9 Å². The van der Waals surface area contributed by atoms with E-state index >= 15 is 0 Å². The zero-order valence-electron chi connectivity index (χ0n) is 8.62. The number of nitrogens with one attached hydrogen (secondary N) is 2. The second kappa shape index (κ2) is 5.80. The summed E-state index contributed by atoms with van der Waals surface area (Å²) in [6.07, 6.45) is 1.67. The van der Waals surface area contributed by atoms with E-state index in [2.05, 4.69) is 10.6 Å². The van der Waals surface area contributed by atoms with Crippen molar-refractivity contribution < 1.29 is 9.59 Å². The minimum Gasteiger partial charge on any atom is -0.338 e. The van der Waals surface area contributed by atoms with Gasteiger partial charge in [0.1, 0.15) is 6.29 Å². The van der Waals surface area contributed by atoms with Crippen molar-refractivity contribution in [2.45, 2.75) is 13.3 Å². The molecule has 1 aromatic rings. The third-order valence-corrected chi connectivity index (χ3v) is 1.84. The zero-order chi connectivity index (χ0) is 11.1. The molecule has 0 saturated heterocycles. The molecular weight excluding hydrogens is 192 g/mol. The average molecular weight is 206 g/mol. The number of carbonyl (C=O) groups is 2. The van der Waals surface area contributed by atoms with Crippen LogP contribution in [0.5, 0.6) is 0 Å². The first-order chi connectivity index (χ1) is 7.26. The van der Waals surface area contributed by atoms with Gasteiger partial charge in [0.25, 0.3) is 0 Å². The maximum Gasteiger partial charge on any atom is 0.319 e. The Hall–Kier alpha value is -1.84. The third kappa shape index (κ3) is 3.81. The van der Waals surface area contributed by atoms with E-state index in [1.165, 1.54) is 0 Å². The number of hydrogen-bond donors (Lipinski definition) is 2. The van der Waals surface area contributed by atoms with Crippen LogP contribution in [0.3, 0.4) is 0 Å². The van der Waals surface area contributed by atoms with Gasteiger partial charge >= 0.3 is 6.03 Å². The molecule has 2 N–H and O–H groups in total. The number of amides is 2. The van der Waals surface area contributed by atoms with E-state index in [1.54, 1.807) is 24.3 Å². The van der Waals surface area contributed by atoms with Crippen LogP contribution in [0.25, 0.3) is 0 Å². The van der Waals surface area contributed by atoms with E-state index in [0.717, 1.165) is 12.7 Å². The molecule has 0 bridgehead atoms. The Kier molecular flexibility index (Phi) is 4.34. The van der Waals surface area contributed by atoms with Crippen LogP contribution in [0.15, 0.2) is 24.3 Å². The molecule has 2 amide bonds. The van der Waals surface area contributed by atoms with Gasteiger partial charge in [-0.2, -0.15) is 0 Å². The Morgan fingerprint density at radius 1 is 1.33 bits per heavy atom. The lowest BCUT2D eigenvalue weighted by Gasteiger charge is -2.06. The summed E-state index contributed by atoms with van der Waals surface area (Å²) < 4.78 is 0. The highest BCUT2D eigenvalue weighted by molar-refractivity contribution is 5.89. The van der Waals surface area contributed by atoms with Gasteiger partial charge in [-0.1, -0.05) is 6.92 Å². The maximum atomic E-state index is 11.2. The minimum absolute atomic E-state index is 0.226. The summed E-state index contributed by atoms with van der Waals surface area (Å²) in [4.78, 5) is 21.6. The molecular formula is C11H14N2O2. The quantitative estimate of drug-likeness (QED) is 0.740. The highest BCUT2D eigenvalue weighted by Gasteiger charge is 1.99. The topological polar surface area (TPSA) is 58.2 Å². The molecule has 0 aromatic heterocycles. The summed E-state index contributed by atoms with van der Waals surface area (Å²) in [7, 11) is 0. The molecule has 0 aliphatic rings. The van der Waals surface area contributed by atoms with Crippen LogP contribution in [0.2, 0.25) is 0 Å². The van der Waals surface area contributed by atoms with E-state index in [0.29, 0.717) is 17.8 Å². The summed E-state index contributed by atoms with van der Waals surface area (Å²) in [6.45, 7) is 2.64. The summed E-state index contributed by atoms with van der Waals surface area (Å²) in [5.41, 5.74) is 1.27. The molecule has 15 heavy (non-hydrogen) atoms. The summed E-state index contributed by atoms with van der Waals surface area (Å²) in [5, 5.41) is 5.35. The van der Waals surface area contributed by atoms with Gasteiger partial charge in [0.2, 0.25) is 0 Å². The fourth-order valence-corrected chi connectivity index (χ4v) is 1.06. The van der Waals surface area contributed by atoms with Crippen molar-refractivity contribution in [1.29, 1.82) is 0 Å². The normalized spacial score (nSPS) is 9.40. The predicted molar refractivity (Wildman–Crippen MR) is 59.1 cm³/mol. The first kappa shape index (κ1) is 11.2. The zero-order valence-corrected chi connectivity index (χ0v) is 8.62. The molecule has 0 atom stereocenters. The highest BCUT2D eigenvalue weighted by atomic mass is 16.2. The van der Waals surface area contributed by atoms with Gasteiger partial charge in [-0.3, -0.25) is 4.79 Å². The largest absolute Gasteiger partial charge is 0.338 e. The molecule has 0 fully saturated rings. The molecule has 1 aromatic carbocycles. The molecule has 4 nitrogen and oxygen atoms in total. The van der Waals surface area contributed by atoms with E-state index in [1.807, 2.05) is 6.92 Å². The maximum absolute atomic E-state index is 11.2. The Bertz CT molecular complexity index is 333. The van der Waals surface area contributed by atoms with Crippen molar-refractivity contribution in [3.8, 4) is 0 Å². The van der Waals surface area contributed by atoms with Gasteiger partial charge in [-0.25, -0.2) is 4.79 Å². The van der Waals surface area contributed by atoms with E-state index in [-0.39, 0.29) is 6.03 Å². The van der Waals surface area contributed by atoms with Crippen LogP contribution in [-0.2, 0) is 0 Å². The monoisotopic (exact) mass is 206 g/mol. The van der Waals surface area contributed by atoms with Crippen LogP contribution in [0.4, 0.5) is 10.5 Å². The van der Waals surface area contributed by atoms with Crippen molar-refractivity contribution in [3.63, 3.8) is 0 Å². The van der Waals surface area contributed by atoms with Gasteiger partial charge in [-0.05, 0) is 30.7 Å². The van der Waals surface area contributed by atoms with Crippen LogP contribution in [0, 0.1) is 0 Å². The molecule has 0 spiro atoms. The molecule has 0 aliphatic carbocycles. The van der Waals surface area contributed by atoms with Crippen molar-refractivity contribution in [1.82, 2.24) is 5.32 Å². The van der Waals surface area contributed by atoms with E-state index in [4.69, 9.17) is 0 Å². The van der Waals surface area contributed by atoms with Crippen LogP contribution in [0.1, 0.15) is 23.7 Å². The van der Waals surface area contributed by atoms with E-state index < -0.39 is 0 Å². The minimum atomic E-state index is -0.226. The Labute approximate surface area is 88.7 Å². The van der Waals surface area contributed by atoms with E-state index in [9.17, 15) is 9.59 Å². The molecule has 1 rings (SSSR count). The Balaban J connectivity index is 2.49. The van der Waals surface area contributed by atoms with Gasteiger partial charge in [0, 0.05) is 17.8 Å². The number of urea groups is 1. The number of carbonyl (C=O) groups excluding carboxylic acids is 2.